The van der Waals surface area contributed by atoms with Crippen LogP contribution in [0.25, 0.3) is 0 Å². The normalized spacial score (nSPS) is 17.2. The van der Waals surface area contributed by atoms with E-state index in [-0.39, 0.29) is 11.8 Å². The molecule has 1 saturated heterocycles. The molecule has 1 N–H and O–H groups in total. The maximum absolute atomic E-state index is 12.8. The van der Waals surface area contributed by atoms with Crippen molar-refractivity contribution in [2.24, 2.45) is 0 Å². The number of piperidine rings is 1. The lowest BCUT2D eigenvalue weighted by atomic mass is 10.00. The van der Waals surface area contributed by atoms with E-state index in [1.165, 1.54) is 0 Å². The highest BCUT2D eigenvalue weighted by molar-refractivity contribution is 6.31. The van der Waals surface area contributed by atoms with Gasteiger partial charge in [0.05, 0.1) is 0 Å². The zero-order chi connectivity index (χ0) is 17.8. The molecule has 0 aromatic heterocycles. The van der Waals surface area contributed by atoms with Gasteiger partial charge in [-0.3, -0.25) is 9.59 Å². The van der Waals surface area contributed by atoms with Gasteiger partial charge in [0, 0.05) is 22.8 Å². The minimum Gasteiger partial charge on any atom is -0.327 e. The quantitative estimate of drug-likeness (QED) is 0.892. The maximum atomic E-state index is 12.8. The van der Waals surface area contributed by atoms with Gasteiger partial charge in [0.2, 0.25) is 5.91 Å². The van der Waals surface area contributed by atoms with Crippen molar-refractivity contribution < 1.29 is 9.59 Å². The zero-order valence-corrected chi connectivity index (χ0v) is 14.9. The molecule has 1 fully saturated rings. The lowest BCUT2D eigenvalue weighted by Crippen LogP contribution is -2.50. The summed E-state index contributed by atoms with van der Waals surface area (Å²) in [5.41, 5.74) is 2.22. The number of halogens is 1. The minimum absolute atomic E-state index is 0.0950. The fraction of sp³-hybridized carbons (Fsp3) is 0.300. The number of hydrogen-bond acceptors (Lipinski definition) is 2. The summed E-state index contributed by atoms with van der Waals surface area (Å²) in [5, 5.41) is 3.51. The van der Waals surface area contributed by atoms with Gasteiger partial charge in [-0.2, -0.15) is 0 Å². The van der Waals surface area contributed by atoms with Crippen molar-refractivity contribution in [3.8, 4) is 0 Å². The summed E-state index contributed by atoms with van der Waals surface area (Å²) < 4.78 is 0. The Morgan fingerprint density at radius 3 is 2.60 bits per heavy atom. The molecule has 3 rings (SSSR count). The number of likely N-dealkylation sites (tertiary alicyclic amines) is 1. The second-order valence-electron chi connectivity index (χ2n) is 6.33. The summed E-state index contributed by atoms with van der Waals surface area (Å²) in [6.45, 7) is 2.51. The van der Waals surface area contributed by atoms with Crippen LogP contribution < -0.4 is 5.32 Å². The first-order chi connectivity index (χ1) is 12.1. The molecule has 2 amide bonds. The fourth-order valence-electron chi connectivity index (χ4n) is 3.09. The number of benzene rings is 2. The van der Waals surface area contributed by atoms with Crippen LogP contribution in [0.15, 0.2) is 48.5 Å². The SMILES string of the molecule is Cc1ccc(NC(=O)C2CCCCN2C(=O)c2ccccc2)cc1Cl. The van der Waals surface area contributed by atoms with Gasteiger partial charge in [-0.05, 0) is 56.0 Å². The number of carbonyl (C=O) groups excluding carboxylic acids is 2. The summed E-state index contributed by atoms with van der Waals surface area (Å²) in [4.78, 5) is 27.2. The number of anilines is 1. The van der Waals surface area contributed by atoms with Gasteiger partial charge < -0.3 is 10.2 Å². The molecule has 1 atom stereocenters. The standard InChI is InChI=1S/C20H21ClN2O2/c1-14-10-11-16(13-17(14)21)22-19(24)18-9-5-6-12-23(18)20(25)15-7-3-2-4-8-15/h2-4,7-8,10-11,13,18H,5-6,9,12H2,1H3,(H,22,24). The maximum Gasteiger partial charge on any atom is 0.254 e. The Bertz CT molecular complexity index is 777. The van der Waals surface area contributed by atoms with Gasteiger partial charge in [-0.25, -0.2) is 0 Å². The van der Waals surface area contributed by atoms with Crippen LogP contribution in [0.3, 0.4) is 0 Å². The van der Waals surface area contributed by atoms with Crippen molar-refractivity contribution in [3.05, 3.63) is 64.7 Å². The second-order valence-corrected chi connectivity index (χ2v) is 6.74. The lowest BCUT2D eigenvalue weighted by molar-refractivity contribution is -0.121. The molecule has 2 aromatic carbocycles. The number of nitrogens with zero attached hydrogens (tertiary/aromatic N) is 1. The molecule has 25 heavy (non-hydrogen) atoms. The number of nitrogens with one attached hydrogen (secondary N) is 1. The van der Waals surface area contributed by atoms with E-state index >= 15 is 0 Å². The van der Waals surface area contributed by atoms with E-state index < -0.39 is 6.04 Å². The van der Waals surface area contributed by atoms with Crippen molar-refractivity contribution in [3.63, 3.8) is 0 Å². The molecule has 0 spiro atoms. The number of carbonyl (C=O) groups is 2. The van der Waals surface area contributed by atoms with Crippen LogP contribution in [0.4, 0.5) is 5.69 Å². The van der Waals surface area contributed by atoms with Crippen LogP contribution in [0.5, 0.6) is 0 Å². The number of aryl methyl sites for hydroxylation is 1. The van der Waals surface area contributed by atoms with Crippen LogP contribution >= 0.6 is 11.6 Å². The summed E-state index contributed by atoms with van der Waals surface area (Å²) in [7, 11) is 0. The molecule has 2 aromatic rings. The van der Waals surface area contributed by atoms with E-state index in [9.17, 15) is 9.59 Å². The molecular weight excluding hydrogens is 336 g/mol. The molecule has 0 aliphatic carbocycles. The molecule has 1 heterocycles. The first-order valence-electron chi connectivity index (χ1n) is 8.49. The lowest BCUT2D eigenvalue weighted by Gasteiger charge is -2.34. The van der Waals surface area contributed by atoms with Gasteiger partial charge in [-0.15, -0.1) is 0 Å². The van der Waals surface area contributed by atoms with Gasteiger partial charge in [0.1, 0.15) is 6.04 Å². The average molecular weight is 357 g/mol. The first kappa shape index (κ1) is 17.5. The Balaban J connectivity index is 1.77. The first-order valence-corrected chi connectivity index (χ1v) is 8.87. The molecule has 1 unspecified atom stereocenters. The Labute approximate surface area is 152 Å². The predicted octanol–water partition coefficient (Wildman–Crippen LogP) is 4.28. The predicted molar refractivity (Wildman–Crippen MR) is 99.9 cm³/mol. The van der Waals surface area contributed by atoms with Crippen molar-refractivity contribution in [1.29, 1.82) is 0 Å². The zero-order valence-electron chi connectivity index (χ0n) is 14.2. The smallest absolute Gasteiger partial charge is 0.254 e. The van der Waals surface area contributed by atoms with Crippen molar-refractivity contribution in [1.82, 2.24) is 4.90 Å². The molecule has 4 nitrogen and oxygen atoms in total. The van der Waals surface area contributed by atoms with Gasteiger partial charge in [0.15, 0.2) is 0 Å². The second kappa shape index (κ2) is 7.70. The van der Waals surface area contributed by atoms with Crippen LogP contribution in [0.1, 0.15) is 35.2 Å². The van der Waals surface area contributed by atoms with Gasteiger partial charge in [-0.1, -0.05) is 35.9 Å². The highest BCUT2D eigenvalue weighted by Gasteiger charge is 2.32. The molecule has 1 aliphatic rings. The van der Waals surface area contributed by atoms with Crippen molar-refractivity contribution in [2.45, 2.75) is 32.2 Å². The molecule has 0 saturated carbocycles. The van der Waals surface area contributed by atoms with E-state index in [1.807, 2.05) is 37.3 Å². The van der Waals surface area contributed by atoms with E-state index in [0.717, 1.165) is 18.4 Å². The molecule has 1 aliphatic heterocycles. The third-order valence-corrected chi connectivity index (χ3v) is 4.93. The highest BCUT2D eigenvalue weighted by atomic mass is 35.5. The number of rotatable bonds is 3. The van der Waals surface area contributed by atoms with E-state index in [2.05, 4.69) is 5.32 Å². The summed E-state index contributed by atoms with van der Waals surface area (Å²) >= 11 is 6.13. The van der Waals surface area contributed by atoms with Crippen LogP contribution in [-0.4, -0.2) is 29.3 Å². The molecule has 0 bridgehead atoms. The van der Waals surface area contributed by atoms with Crippen LogP contribution in [0.2, 0.25) is 5.02 Å². The third-order valence-electron chi connectivity index (χ3n) is 4.53. The average Bonchev–Trinajstić information content (AvgIpc) is 2.65. The summed E-state index contributed by atoms with van der Waals surface area (Å²) in [6, 6.07) is 14.1. The van der Waals surface area contributed by atoms with Crippen LogP contribution in [-0.2, 0) is 4.79 Å². The Kier molecular flexibility index (Phi) is 5.39. The monoisotopic (exact) mass is 356 g/mol. The Morgan fingerprint density at radius 1 is 1.12 bits per heavy atom. The third kappa shape index (κ3) is 4.02. The Morgan fingerprint density at radius 2 is 1.88 bits per heavy atom. The van der Waals surface area contributed by atoms with Crippen LogP contribution in [0, 0.1) is 6.92 Å². The molecule has 130 valence electrons. The largest absolute Gasteiger partial charge is 0.327 e. The highest BCUT2D eigenvalue weighted by Crippen LogP contribution is 2.23. The Hall–Kier alpha value is -2.33. The minimum atomic E-state index is -0.457. The topological polar surface area (TPSA) is 49.4 Å². The summed E-state index contributed by atoms with van der Waals surface area (Å²) in [6.07, 6.45) is 2.52. The molecular formula is C20H21ClN2O2. The molecule has 5 heteroatoms. The summed E-state index contributed by atoms with van der Waals surface area (Å²) in [5.74, 6) is -0.258. The van der Waals surface area contributed by atoms with E-state index in [4.69, 9.17) is 11.6 Å². The van der Waals surface area contributed by atoms with Gasteiger partial charge >= 0.3 is 0 Å². The number of hydrogen-bond donors (Lipinski definition) is 1. The molecule has 0 radical (unpaired) electrons. The number of amides is 2. The van der Waals surface area contributed by atoms with E-state index in [1.54, 1.807) is 23.1 Å². The van der Waals surface area contributed by atoms with Crippen molar-refractivity contribution in [2.75, 3.05) is 11.9 Å². The van der Waals surface area contributed by atoms with Crippen molar-refractivity contribution >= 4 is 29.1 Å². The van der Waals surface area contributed by atoms with E-state index in [0.29, 0.717) is 29.2 Å². The fourth-order valence-corrected chi connectivity index (χ4v) is 3.27. The van der Waals surface area contributed by atoms with Gasteiger partial charge in [0.25, 0.3) is 5.91 Å².